The molecule has 2 aromatic rings. The number of fused-ring (bicyclic) bond motifs is 3. The van der Waals surface area contributed by atoms with Crippen molar-refractivity contribution in [3.8, 4) is 0 Å². The monoisotopic (exact) mass is 494 g/mol. The number of hydrogen-bond acceptors (Lipinski definition) is 2. The molecule has 190 valence electrons. The normalized spacial score (nSPS) is 29.1. The summed E-state index contributed by atoms with van der Waals surface area (Å²) in [6, 6.07) is 9.87. The van der Waals surface area contributed by atoms with Crippen LogP contribution >= 0.6 is 0 Å². The molecule has 4 aliphatic rings. The van der Waals surface area contributed by atoms with E-state index in [4.69, 9.17) is 0 Å². The number of allylic oxidation sites excluding steroid dienone is 1. The second-order valence-electron chi connectivity index (χ2n) is 11.5. The van der Waals surface area contributed by atoms with Crippen LogP contribution in [-0.2, 0) is 30.4 Å². The lowest BCUT2D eigenvalue weighted by Gasteiger charge is -2.37. The molecule has 6 heteroatoms. The van der Waals surface area contributed by atoms with Crippen LogP contribution in [0.1, 0.15) is 78.8 Å². The topological polar surface area (TPSA) is 33.2 Å². The van der Waals surface area contributed by atoms with E-state index in [1.807, 2.05) is 4.90 Å². The molecule has 2 fully saturated rings. The largest absolute Gasteiger partial charge is 0.417 e. The van der Waals surface area contributed by atoms with Crippen molar-refractivity contribution in [2.45, 2.75) is 76.4 Å². The molecule has 36 heavy (non-hydrogen) atoms. The molecule has 0 spiro atoms. The van der Waals surface area contributed by atoms with E-state index >= 15 is 0 Å². The van der Waals surface area contributed by atoms with Gasteiger partial charge in [-0.15, -0.1) is 0 Å². The first-order valence-electron chi connectivity index (χ1n) is 13.3. The first kappa shape index (κ1) is 23.7. The summed E-state index contributed by atoms with van der Waals surface area (Å²) in [7, 11) is 0. The zero-order chi connectivity index (χ0) is 25.1. The fourth-order valence-electron chi connectivity index (χ4n) is 7.85. The minimum atomic E-state index is -4.43. The number of nitrogens with zero attached hydrogens (tertiary/aromatic N) is 2. The van der Waals surface area contributed by atoms with Crippen molar-refractivity contribution in [2.24, 2.45) is 17.3 Å². The SMILES string of the molecule is C=C(CC1CC2CCCC2(C(=O)N2CCc3ncc(C(F)(F)F)cc3C2)C1)C1CCc2ccccc21. The molecule has 0 radical (unpaired) electrons. The van der Waals surface area contributed by atoms with E-state index in [9.17, 15) is 18.0 Å². The summed E-state index contributed by atoms with van der Waals surface area (Å²) in [6.45, 7) is 5.28. The summed E-state index contributed by atoms with van der Waals surface area (Å²) >= 11 is 0. The quantitative estimate of drug-likeness (QED) is 0.435. The standard InChI is InChI=1S/C30H33F3N2O/c1-19(25-9-8-21-5-2-3-7-26(21)25)13-20-14-23-6-4-11-29(23,16-20)28(36)35-12-10-27-22(18-35)15-24(17-34-27)30(31,32)33/h2-3,5,7,15,17,20,23,25H,1,4,6,8-14,16,18H2. The minimum Gasteiger partial charge on any atom is -0.337 e. The molecule has 0 saturated heterocycles. The Labute approximate surface area is 210 Å². The van der Waals surface area contributed by atoms with E-state index in [1.165, 1.54) is 22.8 Å². The van der Waals surface area contributed by atoms with Crippen LogP contribution in [0, 0.1) is 17.3 Å². The molecule has 2 saturated carbocycles. The third-order valence-electron chi connectivity index (χ3n) is 9.48. The second-order valence-corrected chi connectivity index (χ2v) is 11.5. The highest BCUT2D eigenvalue weighted by atomic mass is 19.4. The average Bonchev–Trinajstić information content (AvgIpc) is 3.55. The van der Waals surface area contributed by atoms with E-state index in [0.717, 1.165) is 57.6 Å². The number of rotatable bonds is 4. The molecule has 1 aromatic heterocycles. The lowest BCUT2D eigenvalue weighted by molar-refractivity contribution is -0.144. The van der Waals surface area contributed by atoms with E-state index in [-0.39, 0.29) is 17.9 Å². The number of carbonyl (C=O) groups excluding carboxylic acids is 1. The number of benzene rings is 1. The second kappa shape index (κ2) is 8.74. The van der Waals surface area contributed by atoms with Crippen molar-refractivity contribution in [1.82, 2.24) is 9.88 Å². The maximum Gasteiger partial charge on any atom is 0.417 e. The molecule has 3 nitrogen and oxygen atoms in total. The third kappa shape index (κ3) is 3.97. The van der Waals surface area contributed by atoms with E-state index in [1.54, 1.807) is 0 Å². The highest BCUT2D eigenvalue weighted by molar-refractivity contribution is 5.84. The van der Waals surface area contributed by atoms with E-state index in [0.29, 0.717) is 42.0 Å². The van der Waals surface area contributed by atoms with Crippen LogP contribution in [-0.4, -0.2) is 22.3 Å². The zero-order valence-corrected chi connectivity index (χ0v) is 20.6. The van der Waals surface area contributed by atoms with Gasteiger partial charge in [-0.25, -0.2) is 0 Å². The summed E-state index contributed by atoms with van der Waals surface area (Å²) in [5.74, 6) is 1.41. The van der Waals surface area contributed by atoms with Crippen LogP contribution in [0.4, 0.5) is 13.2 Å². The van der Waals surface area contributed by atoms with Crippen LogP contribution in [0.25, 0.3) is 0 Å². The van der Waals surface area contributed by atoms with Gasteiger partial charge in [0.05, 0.1) is 11.0 Å². The lowest BCUT2D eigenvalue weighted by atomic mass is 9.77. The summed E-state index contributed by atoms with van der Waals surface area (Å²) in [6.07, 6.45) is 5.18. The smallest absolute Gasteiger partial charge is 0.337 e. The van der Waals surface area contributed by atoms with Crippen LogP contribution < -0.4 is 0 Å². The molecule has 0 bridgehead atoms. The van der Waals surface area contributed by atoms with Crippen molar-refractivity contribution in [3.05, 3.63) is 76.6 Å². The maximum atomic E-state index is 14.0. The van der Waals surface area contributed by atoms with Gasteiger partial charge in [0.1, 0.15) is 0 Å². The predicted octanol–water partition coefficient (Wildman–Crippen LogP) is 6.86. The number of aromatic nitrogens is 1. The molecule has 1 amide bonds. The minimum absolute atomic E-state index is 0.160. The highest BCUT2D eigenvalue weighted by Gasteiger charge is 2.56. The van der Waals surface area contributed by atoms with Crippen LogP contribution in [0.15, 0.2) is 48.7 Å². The lowest BCUT2D eigenvalue weighted by Crippen LogP contribution is -2.46. The fraction of sp³-hybridized carbons (Fsp3) is 0.533. The van der Waals surface area contributed by atoms with Gasteiger partial charge in [-0.05, 0) is 79.5 Å². The van der Waals surface area contributed by atoms with Crippen molar-refractivity contribution in [2.75, 3.05) is 6.54 Å². The van der Waals surface area contributed by atoms with Crippen LogP contribution in [0.5, 0.6) is 0 Å². The molecule has 6 rings (SSSR count). The summed E-state index contributed by atoms with van der Waals surface area (Å²) in [4.78, 5) is 19.9. The van der Waals surface area contributed by atoms with E-state index < -0.39 is 11.7 Å². The zero-order valence-electron chi connectivity index (χ0n) is 20.6. The van der Waals surface area contributed by atoms with Crippen molar-refractivity contribution < 1.29 is 18.0 Å². The Kier molecular flexibility index (Phi) is 5.77. The van der Waals surface area contributed by atoms with Crippen molar-refractivity contribution >= 4 is 5.91 Å². The molecule has 3 aliphatic carbocycles. The predicted molar refractivity (Wildman–Crippen MR) is 132 cm³/mol. The van der Waals surface area contributed by atoms with Crippen molar-refractivity contribution in [3.63, 3.8) is 0 Å². The molecule has 1 aliphatic heterocycles. The number of pyridine rings is 1. The first-order chi connectivity index (χ1) is 17.2. The maximum absolute atomic E-state index is 14.0. The summed E-state index contributed by atoms with van der Waals surface area (Å²) < 4.78 is 39.7. The van der Waals surface area contributed by atoms with Crippen LogP contribution in [0.2, 0.25) is 0 Å². The van der Waals surface area contributed by atoms with Gasteiger partial charge in [0.15, 0.2) is 0 Å². The van der Waals surface area contributed by atoms with Crippen LogP contribution in [0.3, 0.4) is 0 Å². The number of aryl methyl sites for hydroxylation is 1. The number of alkyl halides is 3. The Balaban J connectivity index is 1.17. The summed E-state index contributed by atoms with van der Waals surface area (Å²) in [5, 5.41) is 0. The molecule has 1 aromatic carbocycles. The number of amides is 1. The Morgan fingerprint density at radius 3 is 2.83 bits per heavy atom. The van der Waals surface area contributed by atoms with Gasteiger partial charge >= 0.3 is 6.18 Å². The number of hydrogen-bond donors (Lipinski definition) is 0. The Morgan fingerprint density at radius 1 is 1.17 bits per heavy atom. The molecular formula is C30H33F3N2O. The van der Waals surface area contributed by atoms with Gasteiger partial charge in [0, 0.05) is 37.3 Å². The highest BCUT2D eigenvalue weighted by Crippen LogP contribution is 2.59. The summed E-state index contributed by atoms with van der Waals surface area (Å²) in [5.41, 5.74) is 4.29. The van der Waals surface area contributed by atoms with Gasteiger partial charge in [-0.2, -0.15) is 13.2 Å². The van der Waals surface area contributed by atoms with Gasteiger partial charge in [0.25, 0.3) is 0 Å². The molecular weight excluding hydrogens is 461 g/mol. The molecule has 4 unspecified atom stereocenters. The van der Waals surface area contributed by atoms with E-state index in [2.05, 4.69) is 35.8 Å². The van der Waals surface area contributed by atoms with Gasteiger partial charge in [-0.1, -0.05) is 42.8 Å². The Bertz CT molecular complexity index is 1200. The Morgan fingerprint density at radius 2 is 2.00 bits per heavy atom. The molecule has 0 N–H and O–H groups in total. The molecule has 2 heterocycles. The number of halogens is 3. The fourth-order valence-corrected chi connectivity index (χ4v) is 7.85. The number of carbonyl (C=O) groups is 1. The van der Waals surface area contributed by atoms with Crippen molar-refractivity contribution in [1.29, 1.82) is 0 Å². The van der Waals surface area contributed by atoms with Gasteiger partial charge < -0.3 is 4.90 Å². The average molecular weight is 495 g/mol. The Hall–Kier alpha value is -2.63. The first-order valence-corrected chi connectivity index (χ1v) is 13.3. The molecule has 4 atom stereocenters. The van der Waals surface area contributed by atoms with Gasteiger partial charge in [0.2, 0.25) is 5.91 Å². The third-order valence-corrected chi connectivity index (χ3v) is 9.48. The van der Waals surface area contributed by atoms with Gasteiger partial charge in [-0.3, -0.25) is 9.78 Å².